The van der Waals surface area contributed by atoms with Gasteiger partial charge in [0.1, 0.15) is 5.82 Å². The van der Waals surface area contributed by atoms with E-state index in [2.05, 4.69) is 0 Å². The molecule has 3 atom stereocenters. The zero-order valence-corrected chi connectivity index (χ0v) is 11.6. The first-order chi connectivity index (χ1) is 9.56. The van der Waals surface area contributed by atoms with E-state index in [1.165, 1.54) is 12.1 Å². The summed E-state index contributed by atoms with van der Waals surface area (Å²) in [7, 11) is 1.74. The van der Waals surface area contributed by atoms with Crippen LogP contribution in [0.15, 0.2) is 24.3 Å². The van der Waals surface area contributed by atoms with E-state index in [1.54, 1.807) is 18.0 Å². The highest BCUT2D eigenvalue weighted by Gasteiger charge is 2.45. The number of rotatable bonds is 5. The molecule has 20 heavy (non-hydrogen) atoms. The highest BCUT2D eigenvalue weighted by Crippen LogP contribution is 2.48. The minimum Gasteiger partial charge on any atom is -0.391 e. The van der Waals surface area contributed by atoms with Gasteiger partial charge in [-0.25, -0.2) is 4.39 Å². The number of hydrogen-bond donors (Lipinski definition) is 1. The molecule has 108 valence electrons. The van der Waals surface area contributed by atoms with Gasteiger partial charge in [-0.15, -0.1) is 0 Å². The normalized spacial score (nSPS) is 26.1. The van der Waals surface area contributed by atoms with Gasteiger partial charge in [0.15, 0.2) is 0 Å². The quantitative estimate of drug-likeness (QED) is 0.896. The summed E-state index contributed by atoms with van der Waals surface area (Å²) in [6.45, 7) is 0.413. The summed E-state index contributed by atoms with van der Waals surface area (Å²) < 4.78 is 13.2. The van der Waals surface area contributed by atoms with Crippen LogP contribution in [0.25, 0.3) is 0 Å². The third-order valence-corrected chi connectivity index (χ3v) is 4.39. The van der Waals surface area contributed by atoms with Crippen molar-refractivity contribution in [1.29, 1.82) is 0 Å². The third-order valence-electron chi connectivity index (χ3n) is 4.39. The van der Waals surface area contributed by atoms with Crippen LogP contribution >= 0.6 is 0 Å². The Morgan fingerprint density at radius 2 is 2.25 bits per heavy atom. The van der Waals surface area contributed by atoms with Crippen LogP contribution in [0.5, 0.6) is 0 Å². The molecule has 1 aromatic carbocycles. The fourth-order valence-electron chi connectivity index (χ4n) is 2.86. The number of carbonyl (C=O) groups is 1. The lowest BCUT2D eigenvalue weighted by Crippen LogP contribution is -2.36. The highest BCUT2D eigenvalue weighted by molar-refractivity contribution is 5.82. The number of aliphatic hydroxyl groups excluding tert-OH is 1. The maximum atomic E-state index is 13.2. The fourth-order valence-corrected chi connectivity index (χ4v) is 2.86. The number of likely N-dealkylation sites (N-methyl/N-ethyl adjacent to an activating group) is 1. The summed E-state index contributed by atoms with van der Waals surface area (Å²) in [5.74, 6) is 0.285. The van der Waals surface area contributed by atoms with Gasteiger partial charge in [0.2, 0.25) is 5.91 Å². The molecule has 2 aliphatic rings. The average Bonchev–Trinajstić information content (AvgIpc) is 3.29. The Bertz CT molecular complexity index is 515. The average molecular weight is 277 g/mol. The monoisotopic (exact) mass is 277 g/mol. The molecule has 1 N–H and O–H groups in total. The molecule has 4 heteroatoms. The van der Waals surface area contributed by atoms with Gasteiger partial charge in [0.05, 0.1) is 6.10 Å². The predicted octanol–water partition coefficient (Wildman–Crippen LogP) is 2.16. The Morgan fingerprint density at radius 1 is 1.50 bits per heavy atom. The van der Waals surface area contributed by atoms with Crippen molar-refractivity contribution >= 4 is 5.91 Å². The SMILES string of the molecule is CN(C[C@H](O)C1CC1)C(=O)[C@H]1C[C@@H]1c1cccc(F)c1. The van der Waals surface area contributed by atoms with E-state index >= 15 is 0 Å². The van der Waals surface area contributed by atoms with Gasteiger partial charge in [0.25, 0.3) is 0 Å². The Balaban J connectivity index is 1.56. The molecule has 1 aromatic rings. The topological polar surface area (TPSA) is 40.5 Å². The first-order valence-electron chi connectivity index (χ1n) is 7.24. The number of hydrogen-bond acceptors (Lipinski definition) is 2. The molecule has 2 saturated carbocycles. The van der Waals surface area contributed by atoms with Crippen molar-refractivity contribution < 1.29 is 14.3 Å². The minimum atomic E-state index is -0.393. The summed E-state index contributed by atoms with van der Waals surface area (Å²) in [4.78, 5) is 13.9. The molecular weight excluding hydrogens is 257 g/mol. The van der Waals surface area contributed by atoms with Crippen molar-refractivity contribution in [1.82, 2.24) is 4.90 Å². The molecule has 0 aromatic heterocycles. The second kappa shape index (κ2) is 5.17. The second-order valence-corrected chi connectivity index (χ2v) is 6.13. The van der Waals surface area contributed by atoms with Crippen molar-refractivity contribution in [2.75, 3.05) is 13.6 Å². The number of benzene rings is 1. The predicted molar refractivity (Wildman–Crippen MR) is 73.6 cm³/mol. The lowest BCUT2D eigenvalue weighted by molar-refractivity contribution is -0.132. The second-order valence-electron chi connectivity index (χ2n) is 6.13. The number of halogens is 1. The van der Waals surface area contributed by atoms with E-state index < -0.39 is 6.10 Å². The first-order valence-corrected chi connectivity index (χ1v) is 7.24. The molecule has 0 saturated heterocycles. The smallest absolute Gasteiger partial charge is 0.226 e. The summed E-state index contributed by atoms with van der Waals surface area (Å²) in [5, 5.41) is 9.89. The molecule has 2 fully saturated rings. The number of aliphatic hydroxyl groups is 1. The number of carbonyl (C=O) groups excluding carboxylic acids is 1. The molecule has 2 aliphatic carbocycles. The van der Waals surface area contributed by atoms with E-state index in [4.69, 9.17) is 0 Å². The molecule has 0 unspecified atom stereocenters. The molecular formula is C16H20FNO2. The van der Waals surface area contributed by atoms with Crippen LogP contribution in [-0.4, -0.2) is 35.6 Å². The van der Waals surface area contributed by atoms with E-state index in [1.807, 2.05) is 6.07 Å². The Labute approximate surface area is 118 Å². The zero-order chi connectivity index (χ0) is 14.3. The molecule has 0 radical (unpaired) electrons. The van der Waals surface area contributed by atoms with Gasteiger partial charge in [0, 0.05) is 19.5 Å². The number of nitrogens with zero attached hydrogens (tertiary/aromatic N) is 1. The maximum Gasteiger partial charge on any atom is 0.226 e. The van der Waals surface area contributed by atoms with E-state index in [0.29, 0.717) is 12.5 Å². The molecule has 0 aliphatic heterocycles. The van der Waals surface area contributed by atoms with E-state index in [9.17, 15) is 14.3 Å². The van der Waals surface area contributed by atoms with Crippen LogP contribution in [0.2, 0.25) is 0 Å². The summed E-state index contributed by atoms with van der Waals surface area (Å²) in [5.41, 5.74) is 0.902. The zero-order valence-electron chi connectivity index (χ0n) is 11.6. The van der Waals surface area contributed by atoms with Crippen molar-refractivity contribution in [2.45, 2.75) is 31.3 Å². The lowest BCUT2D eigenvalue weighted by atomic mass is 10.1. The van der Waals surface area contributed by atoms with Crippen LogP contribution in [0.1, 0.15) is 30.7 Å². The van der Waals surface area contributed by atoms with Crippen molar-refractivity contribution in [3.8, 4) is 0 Å². The summed E-state index contributed by atoms with van der Waals surface area (Å²) in [6, 6.07) is 6.49. The lowest BCUT2D eigenvalue weighted by Gasteiger charge is -2.21. The van der Waals surface area contributed by atoms with E-state index in [0.717, 1.165) is 24.8 Å². The van der Waals surface area contributed by atoms with Gasteiger partial charge in [-0.2, -0.15) is 0 Å². The van der Waals surface area contributed by atoms with Crippen LogP contribution in [0, 0.1) is 17.7 Å². The molecule has 3 nitrogen and oxygen atoms in total. The number of amides is 1. The van der Waals surface area contributed by atoms with Crippen LogP contribution in [-0.2, 0) is 4.79 Å². The van der Waals surface area contributed by atoms with Crippen molar-refractivity contribution in [3.63, 3.8) is 0 Å². The van der Waals surface area contributed by atoms with Gasteiger partial charge in [-0.3, -0.25) is 4.79 Å². The Kier molecular flexibility index (Phi) is 3.50. The van der Waals surface area contributed by atoms with Crippen LogP contribution in [0.4, 0.5) is 4.39 Å². The fraction of sp³-hybridized carbons (Fsp3) is 0.562. The first kappa shape index (κ1) is 13.6. The summed E-state index contributed by atoms with van der Waals surface area (Å²) >= 11 is 0. The maximum absolute atomic E-state index is 13.2. The summed E-state index contributed by atoms with van der Waals surface area (Å²) in [6.07, 6.45) is 2.53. The molecule has 0 bridgehead atoms. The van der Waals surface area contributed by atoms with Gasteiger partial charge in [-0.05, 0) is 48.8 Å². The van der Waals surface area contributed by atoms with Gasteiger partial charge < -0.3 is 10.0 Å². The third kappa shape index (κ3) is 2.85. The van der Waals surface area contributed by atoms with Gasteiger partial charge >= 0.3 is 0 Å². The Morgan fingerprint density at radius 3 is 2.90 bits per heavy atom. The van der Waals surface area contributed by atoms with Crippen LogP contribution in [0.3, 0.4) is 0 Å². The van der Waals surface area contributed by atoms with Crippen molar-refractivity contribution in [2.24, 2.45) is 11.8 Å². The highest BCUT2D eigenvalue weighted by atomic mass is 19.1. The van der Waals surface area contributed by atoms with Crippen LogP contribution < -0.4 is 0 Å². The minimum absolute atomic E-state index is 0.0480. The molecule has 3 rings (SSSR count). The van der Waals surface area contributed by atoms with Crippen molar-refractivity contribution in [3.05, 3.63) is 35.6 Å². The standard InChI is InChI=1S/C16H20FNO2/c1-18(9-15(19)10-5-6-10)16(20)14-8-13(14)11-3-2-4-12(17)7-11/h2-4,7,10,13-15,19H,5-6,8-9H2,1H3/t13-,14+,15+/m1/s1. The Hall–Kier alpha value is -1.42. The molecule has 0 spiro atoms. The molecule has 1 amide bonds. The largest absolute Gasteiger partial charge is 0.391 e. The van der Waals surface area contributed by atoms with E-state index in [-0.39, 0.29) is 23.6 Å². The molecule has 0 heterocycles. The van der Waals surface area contributed by atoms with Gasteiger partial charge in [-0.1, -0.05) is 12.1 Å².